The van der Waals surface area contributed by atoms with Crippen molar-refractivity contribution in [3.63, 3.8) is 0 Å². The zero-order chi connectivity index (χ0) is 21.0. The van der Waals surface area contributed by atoms with Crippen molar-refractivity contribution in [1.29, 1.82) is 0 Å². The summed E-state index contributed by atoms with van der Waals surface area (Å²) in [5.74, 6) is -0.646. The highest BCUT2D eigenvalue weighted by Gasteiger charge is 2.28. The third kappa shape index (κ3) is 4.77. The van der Waals surface area contributed by atoms with Crippen LogP contribution < -0.4 is 15.8 Å². The summed E-state index contributed by atoms with van der Waals surface area (Å²) in [6.45, 7) is 2.27. The number of sulfonamides is 1. The molecule has 2 aromatic rings. The van der Waals surface area contributed by atoms with Crippen LogP contribution in [0.25, 0.3) is 0 Å². The number of carbonyl (C=O) groups excluding carboxylic acids is 2. The molecule has 0 aliphatic carbocycles. The van der Waals surface area contributed by atoms with Crippen LogP contribution in [0.2, 0.25) is 0 Å². The van der Waals surface area contributed by atoms with Crippen molar-refractivity contribution in [2.24, 2.45) is 5.73 Å². The first kappa shape index (κ1) is 20.9. The van der Waals surface area contributed by atoms with E-state index in [-0.39, 0.29) is 28.9 Å². The molecule has 3 rings (SSSR count). The normalized spacial score (nSPS) is 15.8. The van der Waals surface area contributed by atoms with Crippen LogP contribution in [0.3, 0.4) is 0 Å². The lowest BCUT2D eigenvalue weighted by molar-refractivity contribution is -0.123. The summed E-state index contributed by atoms with van der Waals surface area (Å²) in [5.41, 5.74) is 5.29. The van der Waals surface area contributed by atoms with Crippen molar-refractivity contribution in [3.05, 3.63) is 47.9 Å². The average molecular weight is 421 g/mol. The first-order valence-electron chi connectivity index (χ1n) is 9.18. The average Bonchev–Trinajstić information content (AvgIpc) is 3.40. The Morgan fingerprint density at radius 1 is 1.28 bits per heavy atom. The fourth-order valence-electron chi connectivity index (χ4n) is 3.10. The summed E-state index contributed by atoms with van der Waals surface area (Å²) in [4.78, 5) is 23.9. The molecule has 10 heteroatoms. The van der Waals surface area contributed by atoms with Crippen molar-refractivity contribution >= 4 is 21.8 Å². The molecule has 156 valence electrons. The maximum atomic E-state index is 12.7. The molecule has 3 N–H and O–H groups in total. The summed E-state index contributed by atoms with van der Waals surface area (Å²) < 4.78 is 37.4. The van der Waals surface area contributed by atoms with E-state index in [2.05, 4.69) is 5.32 Å². The zero-order valence-electron chi connectivity index (χ0n) is 16.0. The Bertz CT molecular complexity index is 981. The van der Waals surface area contributed by atoms with Crippen LogP contribution in [0.15, 0.2) is 45.9 Å². The topological polar surface area (TPSA) is 132 Å². The Balaban J connectivity index is 1.70. The van der Waals surface area contributed by atoms with Crippen LogP contribution in [0.4, 0.5) is 0 Å². The number of nitrogens with one attached hydrogen (secondary N) is 1. The van der Waals surface area contributed by atoms with Gasteiger partial charge in [-0.15, -0.1) is 0 Å². The van der Waals surface area contributed by atoms with Gasteiger partial charge in [-0.3, -0.25) is 9.59 Å². The lowest BCUT2D eigenvalue weighted by Gasteiger charge is -2.17. The molecule has 1 aliphatic rings. The van der Waals surface area contributed by atoms with Crippen molar-refractivity contribution in [2.45, 2.75) is 30.7 Å². The molecular formula is C19H23N3O6S. The third-order valence-electron chi connectivity index (χ3n) is 4.63. The second-order valence-corrected chi connectivity index (χ2v) is 8.66. The molecule has 0 unspecified atom stereocenters. The van der Waals surface area contributed by atoms with E-state index >= 15 is 0 Å². The summed E-state index contributed by atoms with van der Waals surface area (Å²) in [6, 6.07) is 6.96. The van der Waals surface area contributed by atoms with Crippen molar-refractivity contribution in [2.75, 3.05) is 19.7 Å². The Kier molecular flexibility index (Phi) is 6.23. The van der Waals surface area contributed by atoms with Crippen molar-refractivity contribution in [1.82, 2.24) is 9.62 Å². The Hall–Kier alpha value is -2.85. The standard InChI is InChI=1S/C19H23N3O6S/c1-13(16-5-4-10-27-16)21-18(23)12-28-17-7-6-14(11-15(17)19(20)24)29(25,26)22-8-2-3-9-22/h4-7,10-11,13H,2-3,8-9,12H2,1H3,(H2,20,24)(H,21,23)/t13-/m1/s1. The Morgan fingerprint density at radius 3 is 2.62 bits per heavy atom. The van der Waals surface area contributed by atoms with Gasteiger partial charge in [0, 0.05) is 13.1 Å². The van der Waals surface area contributed by atoms with Gasteiger partial charge in [0.1, 0.15) is 11.5 Å². The quantitative estimate of drug-likeness (QED) is 0.662. The number of ether oxygens (including phenoxy) is 1. The zero-order valence-corrected chi connectivity index (χ0v) is 16.8. The summed E-state index contributed by atoms with van der Waals surface area (Å²) >= 11 is 0. The number of hydrogen-bond acceptors (Lipinski definition) is 6. The number of nitrogens with zero attached hydrogens (tertiary/aromatic N) is 1. The molecule has 1 aromatic carbocycles. The molecule has 2 amide bonds. The second-order valence-electron chi connectivity index (χ2n) is 6.73. The van der Waals surface area contributed by atoms with E-state index < -0.39 is 21.8 Å². The van der Waals surface area contributed by atoms with Gasteiger partial charge < -0.3 is 20.2 Å². The molecule has 9 nitrogen and oxygen atoms in total. The number of rotatable bonds is 8. The number of primary amides is 1. The van der Waals surface area contributed by atoms with E-state index in [4.69, 9.17) is 14.9 Å². The molecule has 0 radical (unpaired) electrons. The van der Waals surface area contributed by atoms with Gasteiger partial charge in [0.2, 0.25) is 10.0 Å². The minimum atomic E-state index is -3.70. The molecule has 0 spiro atoms. The van der Waals surface area contributed by atoms with E-state index in [0.717, 1.165) is 12.8 Å². The molecule has 0 bridgehead atoms. The lowest BCUT2D eigenvalue weighted by atomic mass is 10.2. The van der Waals surface area contributed by atoms with E-state index in [1.54, 1.807) is 19.1 Å². The molecule has 1 fully saturated rings. The van der Waals surface area contributed by atoms with E-state index in [1.165, 1.54) is 28.8 Å². The molecule has 2 heterocycles. The van der Waals surface area contributed by atoms with Gasteiger partial charge in [-0.1, -0.05) is 0 Å². The maximum Gasteiger partial charge on any atom is 0.258 e. The maximum absolute atomic E-state index is 12.7. The molecule has 1 aromatic heterocycles. The number of amides is 2. The largest absolute Gasteiger partial charge is 0.483 e. The molecule has 1 atom stereocenters. The van der Waals surface area contributed by atoms with Crippen molar-refractivity contribution in [3.8, 4) is 5.75 Å². The van der Waals surface area contributed by atoms with Gasteiger partial charge in [0.05, 0.1) is 22.8 Å². The van der Waals surface area contributed by atoms with Gasteiger partial charge in [0.25, 0.3) is 11.8 Å². The van der Waals surface area contributed by atoms with Gasteiger partial charge in [-0.05, 0) is 50.1 Å². The number of benzene rings is 1. The fraction of sp³-hybridized carbons (Fsp3) is 0.368. The van der Waals surface area contributed by atoms with Gasteiger partial charge in [0.15, 0.2) is 6.61 Å². The second kappa shape index (κ2) is 8.66. The van der Waals surface area contributed by atoms with Crippen molar-refractivity contribution < 1.29 is 27.2 Å². The molecule has 1 saturated heterocycles. The van der Waals surface area contributed by atoms with Crippen LogP contribution >= 0.6 is 0 Å². The minimum Gasteiger partial charge on any atom is -0.483 e. The van der Waals surface area contributed by atoms with E-state index in [9.17, 15) is 18.0 Å². The van der Waals surface area contributed by atoms with Crippen LogP contribution in [0.5, 0.6) is 5.75 Å². The van der Waals surface area contributed by atoms with Gasteiger partial charge in [-0.25, -0.2) is 8.42 Å². The summed E-state index contributed by atoms with van der Waals surface area (Å²) in [7, 11) is -3.70. The first-order valence-corrected chi connectivity index (χ1v) is 10.6. The van der Waals surface area contributed by atoms with Crippen LogP contribution in [-0.2, 0) is 14.8 Å². The molecular weight excluding hydrogens is 398 g/mol. The minimum absolute atomic E-state index is 0.0311. The molecule has 0 saturated carbocycles. The first-order chi connectivity index (χ1) is 13.8. The fourth-order valence-corrected chi connectivity index (χ4v) is 4.64. The van der Waals surface area contributed by atoms with Gasteiger partial charge in [-0.2, -0.15) is 4.31 Å². The molecule has 29 heavy (non-hydrogen) atoms. The Labute approximate surface area is 168 Å². The predicted molar refractivity (Wildman–Crippen MR) is 104 cm³/mol. The highest BCUT2D eigenvalue weighted by molar-refractivity contribution is 7.89. The monoisotopic (exact) mass is 421 g/mol. The summed E-state index contributed by atoms with van der Waals surface area (Å²) in [6.07, 6.45) is 3.11. The number of hydrogen-bond donors (Lipinski definition) is 2. The third-order valence-corrected chi connectivity index (χ3v) is 6.52. The number of nitrogens with two attached hydrogens (primary N) is 1. The van der Waals surface area contributed by atoms with Gasteiger partial charge >= 0.3 is 0 Å². The smallest absolute Gasteiger partial charge is 0.258 e. The van der Waals surface area contributed by atoms with Crippen LogP contribution in [0.1, 0.15) is 41.9 Å². The highest BCUT2D eigenvalue weighted by atomic mass is 32.2. The van der Waals surface area contributed by atoms with E-state index in [0.29, 0.717) is 18.8 Å². The van der Waals surface area contributed by atoms with Crippen LogP contribution in [-0.4, -0.2) is 44.2 Å². The summed E-state index contributed by atoms with van der Waals surface area (Å²) in [5, 5.41) is 2.70. The highest BCUT2D eigenvalue weighted by Crippen LogP contribution is 2.26. The Morgan fingerprint density at radius 2 is 2.00 bits per heavy atom. The SMILES string of the molecule is C[C@@H](NC(=O)COc1ccc(S(=O)(=O)N2CCCC2)cc1C(N)=O)c1ccco1. The number of carbonyl (C=O) groups is 2. The predicted octanol–water partition coefficient (Wildman–Crippen LogP) is 1.42. The van der Waals surface area contributed by atoms with Crippen LogP contribution in [0, 0.1) is 0 Å². The number of furan rings is 1. The molecule has 1 aliphatic heterocycles. The van der Waals surface area contributed by atoms with E-state index in [1.807, 2.05) is 0 Å². The lowest BCUT2D eigenvalue weighted by Crippen LogP contribution is -2.31.